The van der Waals surface area contributed by atoms with Gasteiger partial charge in [0.05, 0.1) is 22.4 Å². The summed E-state index contributed by atoms with van der Waals surface area (Å²) in [5, 5.41) is 7.43. The van der Waals surface area contributed by atoms with Crippen LogP contribution in [0.3, 0.4) is 0 Å². The third kappa shape index (κ3) is 5.04. The van der Waals surface area contributed by atoms with Crippen LogP contribution < -0.4 is 4.74 Å². The third-order valence-corrected chi connectivity index (χ3v) is 9.95. The first-order valence-electron chi connectivity index (χ1n) is 16.2. The van der Waals surface area contributed by atoms with Crippen LogP contribution >= 0.6 is 0 Å². The van der Waals surface area contributed by atoms with Gasteiger partial charge >= 0.3 is 0 Å². The summed E-state index contributed by atoms with van der Waals surface area (Å²) in [6, 6.07) is 27.5. The molecular formula is C40H42N4O. The van der Waals surface area contributed by atoms with Crippen LogP contribution in [0.4, 0.5) is 0 Å². The van der Waals surface area contributed by atoms with Crippen LogP contribution in [0, 0.1) is 19.8 Å². The van der Waals surface area contributed by atoms with Crippen molar-refractivity contribution in [2.75, 3.05) is 0 Å². The number of aromatic nitrogens is 4. The number of fused-ring (bicyclic) bond motifs is 3. The molecule has 1 unspecified atom stereocenters. The Morgan fingerprint density at radius 3 is 2.42 bits per heavy atom. The second-order valence-electron chi connectivity index (χ2n) is 13.2. The zero-order chi connectivity index (χ0) is 31.4. The molecule has 0 aliphatic heterocycles. The number of hydrogen-bond acceptors (Lipinski definition) is 3. The molecule has 0 N–H and O–H groups in total. The molecule has 1 aliphatic rings. The van der Waals surface area contributed by atoms with Crippen molar-refractivity contribution in [3.05, 3.63) is 119 Å². The van der Waals surface area contributed by atoms with E-state index in [1.165, 1.54) is 51.6 Å². The molecule has 5 heteroatoms. The summed E-state index contributed by atoms with van der Waals surface area (Å²) in [6.07, 6.45) is 4.33. The Balaban J connectivity index is 1.27. The maximum absolute atomic E-state index is 6.56. The largest absolute Gasteiger partial charge is 0.457 e. The molecule has 45 heavy (non-hydrogen) atoms. The fraction of sp³-hybridized carbons (Fsp3) is 0.300. The van der Waals surface area contributed by atoms with Gasteiger partial charge in [-0.2, -0.15) is 5.10 Å². The van der Waals surface area contributed by atoms with Gasteiger partial charge in [-0.1, -0.05) is 56.2 Å². The van der Waals surface area contributed by atoms with Gasteiger partial charge < -0.3 is 4.74 Å². The Labute approximate surface area is 266 Å². The van der Waals surface area contributed by atoms with E-state index in [0.717, 1.165) is 39.7 Å². The lowest BCUT2D eigenvalue weighted by atomic mass is 9.73. The van der Waals surface area contributed by atoms with Gasteiger partial charge in [-0.05, 0) is 100 Å². The van der Waals surface area contributed by atoms with E-state index < -0.39 is 0 Å². The zero-order valence-corrected chi connectivity index (χ0v) is 27.4. The van der Waals surface area contributed by atoms with Gasteiger partial charge in [-0.25, -0.2) is 9.67 Å². The van der Waals surface area contributed by atoms with E-state index >= 15 is 0 Å². The van der Waals surface area contributed by atoms with Gasteiger partial charge in [0.15, 0.2) is 0 Å². The number of pyridine rings is 1. The molecule has 2 atom stereocenters. The lowest BCUT2D eigenvalue weighted by molar-refractivity contribution is 0.436. The Hall–Kier alpha value is -4.64. The van der Waals surface area contributed by atoms with Crippen LogP contribution in [0.5, 0.6) is 11.5 Å². The number of hydrogen-bond donors (Lipinski definition) is 0. The molecular weight excluding hydrogens is 552 g/mol. The van der Waals surface area contributed by atoms with Gasteiger partial charge in [0.2, 0.25) is 0 Å². The normalized spacial score (nSPS) is 17.2. The molecule has 3 aromatic carbocycles. The zero-order valence-electron chi connectivity index (χ0n) is 27.4. The molecule has 3 aromatic heterocycles. The van der Waals surface area contributed by atoms with Gasteiger partial charge in [0.1, 0.15) is 17.3 Å². The number of para-hydroxylation sites is 1. The average Bonchev–Trinajstić information content (AvgIpc) is 3.52. The number of ether oxygens (including phenoxy) is 1. The maximum Gasteiger partial charge on any atom is 0.137 e. The fourth-order valence-electron chi connectivity index (χ4n) is 7.35. The van der Waals surface area contributed by atoms with Crippen LogP contribution in [0.1, 0.15) is 81.8 Å². The predicted octanol–water partition coefficient (Wildman–Crippen LogP) is 10.7. The number of rotatable bonds is 6. The average molecular weight is 595 g/mol. The van der Waals surface area contributed by atoms with Crippen molar-refractivity contribution < 1.29 is 4.74 Å². The van der Waals surface area contributed by atoms with E-state index in [9.17, 15) is 0 Å². The maximum atomic E-state index is 6.56. The quantitative estimate of drug-likeness (QED) is 0.180. The highest BCUT2D eigenvalue weighted by Crippen LogP contribution is 2.44. The molecule has 3 heterocycles. The number of benzene rings is 3. The second-order valence-corrected chi connectivity index (χ2v) is 13.2. The van der Waals surface area contributed by atoms with Crippen molar-refractivity contribution in [1.29, 1.82) is 0 Å². The van der Waals surface area contributed by atoms with Crippen LogP contribution in [0.25, 0.3) is 33.3 Å². The van der Waals surface area contributed by atoms with E-state index in [2.05, 4.69) is 131 Å². The monoisotopic (exact) mass is 594 g/mol. The van der Waals surface area contributed by atoms with Crippen molar-refractivity contribution >= 4 is 21.8 Å². The van der Waals surface area contributed by atoms with E-state index in [-0.39, 0.29) is 0 Å². The third-order valence-electron chi connectivity index (χ3n) is 9.95. The van der Waals surface area contributed by atoms with Crippen molar-refractivity contribution in [3.8, 4) is 23.0 Å². The molecule has 1 aliphatic carbocycles. The molecule has 6 aromatic rings. The molecule has 7 rings (SSSR count). The minimum atomic E-state index is 0.417. The Kier molecular flexibility index (Phi) is 7.35. The summed E-state index contributed by atoms with van der Waals surface area (Å²) in [7, 11) is 0. The van der Waals surface area contributed by atoms with Gasteiger partial charge in [0.25, 0.3) is 0 Å². The van der Waals surface area contributed by atoms with Gasteiger partial charge in [-0.3, -0.25) is 4.57 Å². The van der Waals surface area contributed by atoms with E-state index in [4.69, 9.17) is 14.8 Å². The molecule has 0 amide bonds. The topological polar surface area (TPSA) is 44.9 Å². The molecule has 0 radical (unpaired) electrons. The Bertz CT molecular complexity index is 2090. The van der Waals surface area contributed by atoms with Crippen molar-refractivity contribution in [3.63, 3.8) is 0 Å². The Morgan fingerprint density at radius 2 is 1.60 bits per heavy atom. The van der Waals surface area contributed by atoms with Crippen molar-refractivity contribution in [1.82, 2.24) is 19.3 Å². The standard InChI is InChI=1S/C40H42N4O/c1-24(2)30-19-20-41-38(21-30)43-36-14-9-8-13-34(36)35-18-17-33(23-37(35)43)45-32-12-10-11-31(22-32)44-29(7)40(28(6)42-44)39-26(4)16-15-25(3)27(39)5/h8-14,17-24,26,39H,15-16H2,1-7H3/t26-,39?/m0/s1. The van der Waals surface area contributed by atoms with E-state index in [0.29, 0.717) is 17.8 Å². The molecule has 5 nitrogen and oxygen atoms in total. The van der Waals surface area contributed by atoms with Crippen molar-refractivity contribution in [2.45, 2.75) is 73.1 Å². The summed E-state index contributed by atoms with van der Waals surface area (Å²) in [5.74, 6) is 3.92. The Morgan fingerprint density at radius 1 is 0.822 bits per heavy atom. The van der Waals surface area contributed by atoms with Crippen molar-refractivity contribution in [2.24, 2.45) is 5.92 Å². The lowest BCUT2D eigenvalue weighted by Gasteiger charge is -2.32. The summed E-state index contributed by atoms with van der Waals surface area (Å²) in [4.78, 5) is 4.80. The SMILES string of the molecule is CC1=C(C)C(c2c(C)nn(-c3cccc(Oc4ccc5c6ccccc6n(-c6cc(C(C)C)ccn6)c5c4)c3)c2C)[C@@H](C)CC1. The first-order valence-corrected chi connectivity index (χ1v) is 16.2. The smallest absolute Gasteiger partial charge is 0.137 e. The molecule has 0 bridgehead atoms. The molecule has 0 saturated heterocycles. The highest BCUT2D eigenvalue weighted by atomic mass is 16.5. The summed E-state index contributed by atoms with van der Waals surface area (Å²) in [6.45, 7) is 15.8. The van der Waals surface area contributed by atoms with E-state index in [1.807, 2.05) is 12.3 Å². The van der Waals surface area contributed by atoms with E-state index in [1.54, 1.807) is 0 Å². The number of allylic oxidation sites excluding steroid dienone is 2. The minimum Gasteiger partial charge on any atom is -0.457 e. The molecule has 228 valence electrons. The molecule has 0 spiro atoms. The summed E-state index contributed by atoms with van der Waals surface area (Å²) >= 11 is 0. The van der Waals surface area contributed by atoms with Crippen LogP contribution in [0.2, 0.25) is 0 Å². The first kappa shape index (κ1) is 29.1. The summed E-state index contributed by atoms with van der Waals surface area (Å²) < 4.78 is 10.9. The first-order chi connectivity index (χ1) is 21.7. The second kappa shape index (κ2) is 11.4. The molecule has 0 saturated carbocycles. The highest BCUT2D eigenvalue weighted by Gasteiger charge is 2.31. The van der Waals surface area contributed by atoms with Crippen LogP contribution in [0.15, 0.2) is 96.2 Å². The van der Waals surface area contributed by atoms with Crippen LogP contribution in [-0.4, -0.2) is 19.3 Å². The fourth-order valence-corrected chi connectivity index (χ4v) is 7.35. The number of aryl methyl sites for hydroxylation is 1. The lowest BCUT2D eigenvalue weighted by Crippen LogP contribution is -2.18. The highest BCUT2D eigenvalue weighted by molar-refractivity contribution is 6.09. The van der Waals surface area contributed by atoms with Crippen LogP contribution in [-0.2, 0) is 0 Å². The van der Waals surface area contributed by atoms with Gasteiger partial charge in [-0.15, -0.1) is 0 Å². The van der Waals surface area contributed by atoms with Gasteiger partial charge in [0, 0.05) is 46.3 Å². The minimum absolute atomic E-state index is 0.417. The predicted molar refractivity (Wildman–Crippen MR) is 185 cm³/mol. The summed E-state index contributed by atoms with van der Waals surface area (Å²) in [5.41, 5.74) is 11.2. The molecule has 0 fully saturated rings. The number of nitrogens with zero attached hydrogens (tertiary/aromatic N) is 4.